The van der Waals surface area contributed by atoms with E-state index >= 15 is 0 Å². The first-order valence-electron chi connectivity index (χ1n) is 10.1. The Morgan fingerprint density at radius 2 is 1.93 bits per heavy atom. The summed E-state index contributed by atoms with van der Waals surface area (Å²) in [5, 5.41) is 3.80. The van der Waals surface area contributed by atoms with Crippen molar-refractivity contribution in [2.45, 2.75) is 63.3 Å². The molecule has 1 aromatic carbocycles. The molecule has 5 rings (SSSR count). The highest BCUT2D eigenvalue weighted by molar-refractivity contribution is 6.31. The van der Waals surface area contributed by atoms with Crippen LogP contribution in [0.3, 0.4) is 0 Å². The number of aromatic nitrogens is 1. The maximum atomic E-state index is 13.2. The minimum absolute atomic E-state index is 0. The van der Waals surface area contributed by atoms with Gasteiger partial charge in [0.1, 0.15) is 5.60 Å². The Bertz CT molecular complexity index is 942. The molecule has 0 radical (unpaired) electrons. The van der Waals surface area contributed by atoms with Crippen molar-refractivity contribution in [2.24, 2.45) is 0 Å². The van der Waals surface area contributed by atoms with Crippen LogP contribution in [0.2, 0.25) is 5.02 Å². The third kappa shape index (κ3) is 3.33. The second-order valence-electron chi connectivity index (χ2n) is 8.87. The number of benzene rings is 1. The van der Waals surface area contributed by atoms with Gasteiger partial charge in [0.15, 0.2) is 5.75 Å². The van der Waals surface area contributed by atoms with Gasteiger partial charge in [-0.25, -0.2) is 0 Å². The Labute approximate surface area is 182 Å². The topological polar surface area (TPSA) is 46.5 Å². The molecule has 0 saturated carbocycles. The van der Waals surface area contributed by atoms with Crippen LogP contribution in [0.4, 0.5) is 0 Å². The fourth-order valence-corrected chi connectivity index (χ4v) is 5.43. The lowest BCUT2D eigenvalue weighted by molar-refractivity contribution is 0.0810. The fourth-order valence-electron chi connectivity index (χ4n) is 5.22. The maximum Gasteiger partial charge on any atom is 0.255 e. The summed E-state index contributed by atoms with van der Waals surface area (Å²) in [6.45, 7) is 4.04. The number of amides is 1. The van der Waals surface area contributed by atoms with Gasteiger partial charge in [0.2, 0.25) is 0 Å². The number of hydrogen-bond donors (Lipinski definition) is 1. The lowest BCUT2D eigenvalue weighted by Gasteiger charge is -2.37. The number of carbonyl (C=O) groups excluding carboxylic acids is 1. The summed E-state index contributed by atoms with van der Waals surface area (Å²) in [7, 11) is 2.21. The molecule has 0 aliphatic carbocycles. The first-order valence-corrected chi connectivity index (χ1v) is 10.4. The molecule has 7 heteroatoms. The van der Waals surface area contributed by atoms with E-state index < -0.39 is 5.60 Å². The van der Waals surface area contributed by atoms with Gasteiger partial charge in [-0.1, -0.05) is 11.6 Å². The third-order valence-electron chi connectivity index (χ3n) is 6.69. The van der Waals surface area contributed by atoms with E-state index in [0.717, 1.165) is 24.2 Å². The number of nitrogens with one attached hydrogen (secondary N) is 1. The highest BCUT2D eigenvalue weighted by atomic mass is 35.5. The molecule has 2 bridgehead atoms. The molecule has 156 valence electrons. The molecule has 1 amide bonds. The summed E-state index contributed by atoms with van der Waals surface area (Å²) in [5.41, 5.74) is 1.86. The van der Waals surface area contributed by atoms with E-state index in [2.05, 4.69) is 21.8 Å². The van der Waals surface area contributed by atoms with Crippen LogP contribution in [0, 0.1) is 0 Å². The molecule has 4 heterocycles. The van der Waals surface area contributed by atoms with Crippen molar-refractivity contribution in [1.29, 1.82) is 0 Å². The summed E-state index contributed by atoms with van der Waals surface area (Å²) >= 11 is 6.39. The van der Waals surface area contributed by atoms with Gasteiger partial charge in [-0.05, 0) is 70.8 Å². The van der Waals surface area contributed by atoms with Crippen molar-refractivity contribution >= 4 is 29.9 Å². The SMILES string of the molecule is CN1C2CCC1CC(NC(=O)c1cc(Cl)cc3c1OC(C)(C)c1cccn1-3)C2.Cl. The van der Waals surface area contributed by atoms with E-state index in [1.807, 2.05) is 38.2 Å². The molecule has 2 unspecified atom stereocenters. The van der Waals surface area contributed by atoms with Crippen LogP contribution in [0.25, 0.3) is 5.69 Å². The van der Waals surface area contributed by atoms with Gasteiger partial charge in [-0.3, -0.25) is 4.79 Å². The predicted molar refractivity (Wildman–Crippen MR) is 117 cm³/mol. The van der Waals surface area contributed by atoms with E-state index in [1.165, 1.54) is 12.8 Å². The highest BCUT2D eigenvalue weighted by Crippen LogP contribution is 2.43. The Morgan fingerprint density at radius 3 is 2.62 bits per heavy atom. The summed E-state index contributed by atoms with van der Waals surface area (Å²) in [6.07, 6.45) is 6.47. The zero-order valence-corrected chi connectivity index (χ0v) is 18.5. The van der Waals surface area contributed by atoms with E-state index in [0.29, 0.717) is 28.4 Å². The van der Waals surface area contributed by atoms with Crippen molar-refractivity contribution in [1.82, 2.24) is 14.8 Å². The van der Waals surface area contributed by atoms with Crippen molar-refractivity contribution in [3.8, 4) is 11.4 Å². The molecule has 3 aliphatic rings. The van der Waals surface area contributed by atoms with E-state index in [4.69, 9.17) is 16.3 Å². The number of nitrogens with zero attached hydrogens (tertiary/aromatic N) is 2. The second kappa shape index (κ2) is 7.22. The maximum absolute atomic E-state index is 13.2. The van der Waals surface area contributed by atoms with Gasteiger partial charge in [-0.15, -0.1) is 12.4 Å². The van der Waals surface area contributed by atoms with Crippen molar-refractivity contribution < 1.29 is 9.53 Å². The van der Waals surface area contributed by atoms with Crippen LogP contribution in [-0.2, 0) is 5.60 Å². The minimum Gasteiger partial charge on any atom is -0.479 e. The van der Waals surface area contributed by atoms with Crippen LogP contribution in [0.5, 0.6) is 5.75 Å². The molecule has 1 N–H and O–H groups in total. The van der Waals surface area contributed by atoms with Crippen molar-refractivity contribution in [2.75, 3.05) is 7.05 Å². The Morgan fingerprint density at radius 1 is 1.24 bits per heavy atom. The summed E-state index contributed by atoms with van der Waals surface area (Å²) < 4.78 is 8.39. The van der Waals surface area contributed by atoms with Crippen LogP contribution in [-0.4, -0.2) is 40.5 Å². The molecule has 0 spiro atoms. The van der Waals surface area contributed by atoms with E-state index in [1.54, 1.807) is 6.07 Å². The molecule has 2 saturated heterocycles. The summed E-state index contributed by atoms with van der Waals surface area (Å²) in [6, 6.07) is 8.98. The van der Waals surface area contributed by atoms with Crippen LogP contribution in [0.1, 0.15) is 55.6 Å². The van der Waals surface area contributed by atoms with Gasteiger partial charge in [0.05, 0.1) is 16.9 Å². The lowest BCUT2D eigenvalue weighted by Crippen LogP contribution is -2.48. The number of carbonyl (C=O) groups is 1. The summed E-state index contributed by atoms with van der Waals surface area (Å²) in [4.78, 5) is 15.7. The Hall–Kier alpha value is -1.69. The normalized spacial score (nSPS) is 26.7. The van der Waals surface area contributed by atoms with Gasteiger partial charge >= 0.3 is 0 Å². The standard InChI is InChI=1S/C22H26ClN3O2.ClH/c1-22(2)19-5-4-8-26(19)18-10-13(23)9-17(20(18)28-22)21(27)24-14-11-15-6-7-16(12-14)25(15)3;/h4-5,8-10,14-16H,6-7,11-12H2,1-3H3,(H,24,27);1H. The predicted octanol–water partition coefficient (Wildman–Crippen LogP) is 4.54. The number of piperidine rings is 1. The molecule has 1 aromatic heterocycles. The van der Waals surface area contributed by atoms with Crippen LogP contribution in [0.15, 0.2) is 30.5 Å². The average molecular weight is 436 g/mol. The second-order valence-corrected chi connectivity index (χ2v) is 9.31. The molecule has 2 fully saturated rings. The first kappa shape index (κ1) is 20.6. The number of ether oxygens (including phenoxy) is 1. The molecule has 2 atom stereocenters. The number of hydrogen-bond acceptors (Lipinski definition) is 3. The molecule has 3 aliphatic heterocycles. The van der Waals surface area contributed by atoms with Gasteiger partial charge in [-0.2, -0.15) is 0 Å². The quantitative estimate of drug-likeness (QED) is 0.752. The smallest absolute Gasteiger partial charge is 0.255 e. The van der Waals surface area contributed by atoms with Crippen molar-refractivity contribution in [3.63, 3.8) is 0 Å². The van der Waals surface area contributed by atoms with E-state index in [9.17, 15) is 4.79 Å². The minimum atomic E-state index is -0.522. The van der Waals surface area contributed by atoms with Gasteiger partial charge in [0, 0.05) is 29.3 Å². The van der Waals surface area contributed by atoms with Crippen LogP contribution >= 0.6 is 24.0 Å². The molecule has 29 heavy (non-hydrogen) atoms. The summed E-state index contributed by atoms with van der Waals surface area (Å²) in [5.74, 6) is 0.505. The first-order chi connectivity index (χ1) is 13.3. The lowest BCUT2D eigenvalue weighted by atomic mass is 9.97. The fraction of sp³-hybridized carbons (Fsp3) is 0.500. The Kier molecular flexibility index (Phi) is 5.12. The Balaban J connectivity index is 0.00000205. The molecule has 5 nitrogen and oxygen atoms in total. The molecular formula is C22H27Cl2N3O2. The monoisotopic (exact) mass is 435 g/mol. The average Bonchev–Trinajstić information content (AvgIpc) is 3.19. The van der Waals surface area contributed by atoms with Crippen LogP contribution < -0.4 is 10.1 Å². The molecule has 2 aromatic rings. The molecular weight excluding hydrogens is 409 g/mol. The highest BCUT2D eigenvalue weighted by Gasteiger charge is 2.40. The third-order valence-corrected chi connectivity index (χ3v) is 6.91. The van der Waals surface area contributed by atoms with Crippen molar-refractivity contribution in [3.05, 3.63) is 46.7 Å². The van der Waals surface area contributed by atoms with Gasteiger partial charge in [0.25, 0.3) is 5.91 Å². The van der Waals surface area contributed by atoms with Gasteiger partial charge < -0.3 is 19.5 Å². The van der Waals surface area contributed by atoms with E-state index in [-0.39, 0.29) is 24.4 Å². The zero-order valence-electron chi connectivity index (χ0n) is 16.9. The number of fused-ring (bicyclic) bond motifs is 5. The number of halogens is 2. The zero-order chi connectivity index (χ0) is 19.6. The number of rotatable bonds is 2. The largest absolute Gasteiger partial charge is 0.479 e.